The number of rotatable bonds is 9. The van der Waals surface area contributed by atoms with Crippen LogP contribution >= 0.6 is 22.7 Å². The monoisotopic (exact) mass is 480 g/mol. The van der Waals surface area contributed by atoms with E-state index in [9.17, 15) is 0 Å². The lowest BCUT2D eigenvalue weighted by Crippen LogP contribution is -1.83. The highest BCUT2D eigenvalue weighted by Gasteiger charge is 2.10. The zero-order valence-corrected chi connectivity index (χ0v) is 21.7. The van der Waals surface area contributed by atoms with Crippen LogP contribution < -0.4 is 0 Å². The summed E-state index contributed by atoms with van der Waals surface area (Å²) in [5.74, 6) is 6.68. The maximum Gasteiger partial charge on any atom is 0.0785 e. The molecular formula is C32H32S2. The van der Waals surface area contributed by atoms with Crippen molar-refractivity contribution in [2.75, 3.05) is 0 Å². The van der Waals surface area contributed by atoms with Gasteiger partial charge in [-0.05, 0) is 60.0 Å². The molecule has 2 aromatic heterocycles. The Hall–Kier alpha value is -2.60. The highest BCUT2D eigenvalue weighted by Crippen LogP contribution is 2.38. The second-order valence-corrected chi connectivity index (χ2v) is 11.5. The van der Waals surface area contributed by atoms with Gasteiger partial charge in [-0.3, -0.25) is 0 Å². The van der Waals surface area contributed by atoms with Crippen molar-refractivity contribution < 1.29 is 0 Å². The molecule has 0 aliphatic carbocycles. The molecule has 0 aliphatic heterocycles. The highest BCUT2D eigenvalue weighted by atomic mass is 32.1. The Morgan fingerprint density at radius 3 is 1.97 bits per heavy atom. The molecular weight excluding hydrogens is 448 g/mol. The lowest BCUT2D eigenvalue weighted by molar-refractivity contribution is 0.576. The van der Waals surface area contributed by atoms with E-state index in [-0.39, 0.29) is 0 Å². The second-order valence-electron chi connectivity index (χ2n) is 9.21. The van der Waals surface area contributed by atoms with Crippen molar-refractivity contribution in [3.63, 3.8) is 0 Å². The molecule has 172 valence electrons. The second kappa shape index (κ2) is 11.2. The molecule has 0 N–H and O–H groups in total. The highest BCUT2D eigenvalue weighted by molar-refractivity contribution is 7.20. The van der Waals surface area contributed by atoms with Gasteiger partial charge in [0.25, 0.3) is 0 Å². The molecule has 0 atom stereocenters. The molecule has 0 aliphatic rings. The average Bonchev–Trinajstić information content (AvgIpc) is 3.48. The van der Waals surface area contributed by atoms with E-state index in [0.717, 1.165) is 10.4 Å². The van der Waals surface area contributed by atoms with Gasteiger partial charge in [-0.1, -0.05) is 94.0 Å². The smallest absolute Gasteiger partial charge is 0.0785 e. The Morgan fingerprint density at radius 2 is 1.24 bits per heavy atom. The van der Waals surface area contributed by atoms with E-state index in [4.69, 9.17) is 0 Å². The average molecular weight is 481 g/mol. The minimum absolute atomic E-state index is 1.06. The molecule has 0 bridgehead atoms. The molecule has 0 amide bonds. The number of unbranched alkanes of at least 4 members (excludes halogenated alkanes) is 7. The molecule has 0 nitrogen and oxygen atoms in total. The molecule has 2 heteroatoms. The molecule has 3 aromatic carbocycles. The van der Waals surface area contributed by atoms with E-state index in [1.165, 1.54) is 93.6 Å². The molecule has 5 aromatic rings. The fourth-order valence-electron chi connectivity index (χ4n) is 4.77. The lowest BCUT2D eigenvalue weighted by Gasteiger charge is -2.01. The summed E-state index contributed by atoms with van der Waals surface area (Å²) in [6.07, 6.45) is 12.3. The van der Waals surface area contributed by atoms with Crippen LogP contribution in [0.2, 0.25) is 0 Å². The number of aryl methyl sites for hydroxylation is 1. The van der Waals surface area contributed by atoms with Crippen LogP contribution in [0.3, 0.4) is 0 Å². The van der Waals surface area contributed by atoms with Crippen LogP contribution in [-0.4, -0.2) is 0 Å². The number of thiophene rings is 2. The van der Waals surface area contributed by atoms with Gasteiger partial charge in [-0.2, -0.15) is 0 Å². The Morgan fingerprint density at radius 1 is 0.588 bits per heavy atom. The Bertz CT molecular complexity index is 1440. The minimum atomic E-state index is 1.06. The number of fused-ring (bicyclic) bond motifs is 5. The maximum atomic E-state index is 3.37. The normalized spacial score (nSPS) is 11.3. The van der Waals surface area contributed by atoms with E-state index >= 15 is 0 Å². The molecule has 0 fully saturated rings. The molecule has 0 saturated heterocycles. The Balaban J connectivity index is 1.32. The van der Waals surface area contributed by atoms with Gasteiger partial charge in [-0.25, -0.2) is 0 Å². The molecule has 0 radical (unpaired) electrons. The van der Waals surface area contributed by atoms with Crippen LogP contribution in [0, 0.1) is 11.8 Å². The van der Waals surface area contributed by atoms with Crippen LogP contribution in [0.15, 0.2) is 66.7 Å². The van der Waals surface area contributed by atoms with Crippen LogP contribution in [0.5, 0.6) is 0 Å². The third kappa shape index (κ3) is 5.38. The fraction of sp³-hybridized carbons (Fsp3) is 0.312. The van der Waals surface area contributed by atoms with Crippen molar-refractivity contribution in [2.24, 2.45) is 0 Å². The summed E-state index contributed by atoms with van der Waals surface area (Å²) in [5.41, 5.74) is 1.06. The van der Waals surface area contributed by atoms with Crippen LogP contribution in [0.25, 0.3) is 30.9 Å². The standard InChI is InChI=1S/C32H32S2/c1-2-3-4-5-6-7-8-12-15-25-22-29-27-19-21-32-30(28(27)18-20-31(29)33-25)23-26(34-32)17-16-24-13-10-9-11-14-24/h9-11,13-14,18-23H,2-8,12,15H2,1H3. The zero-order valence-electron chi connectivity index (χ0n) is 20.0. The van der Waals surface area contributed by atoms with Crippen molar-refractivity contribution >= 4 is 53.6 Å². The van der Waals surface area contributed by atoms with Gasteiger partial charge in [-0.15, -0.1) is 22.7 Å². The molecule has 34 heavy (non-hydrogen) atoms. The number of hydrogen-bond donors (Lipinski definition) is 0. The first-order chi connectivity index (χ1) is 16.8. The summed E-state index contributed by atoms with van der Waals surface area (Å²) in [6.45, 7) is 2.29. The quantitative estimate of drug-likeness (QED) is 0.145. The predicted molar refractivity (Wildman–Crippen MR) is 153 cm³/mol. The van der Waals surface area contributed by atoms with Gasteiger partial charge in [0, 0.05) is 30.6 Å². The first-order valence-electron chi connectivity index (χ1n) is 12.8. The van der Waals surface area contributed by atoms with E-state index in [1.54, 1.807) is 11.3 Å². The van der Waals surface area contributed by atoms with Crippen LogP contribution in [0.1, 0.15) is 73.6 Å². The third-order valence-electron chi connectivity index (χ3n) is 6.63. The molecule has 0 spiro atoms. The number of benzene rings is 3. The zero-order chi connectivity index (χ0) is 23.2. The van der Waals surface area contributed by atoms with E-state index in [0.29, 0.717) is 0 Å². The van der Waals surface area contributed by atoms with Crippen molar-refractivity contribution in [1.82, 2.24) is 0 Å². The van der Waals surface area contributed by atoms with Gasteiger partial charge in [0.2, 0.25) is 0 Å². The summed E-state index contributed by atoms with van der Waals surface area (Å²) in [4.78, 5) is 2.67. The van der Waals surface area contributed by atoms with Crippen LogP contribution in [-0.2, 0) is 6.42 Å². The number of hydrogen-bond acceptors (Lipinski definition) is 2. The van der Waals surface area contributed by atoms with Gasteiger partial charge in [0.1, 0.15) is 0 Å². The van der Waals surface area contributed by atoms with Gasteiger partial charge < -0.3 is 0 Å². The Labute approximate surface area is 211 Å². The summed E-state index contributed by atoms with van der Waals surface area (Å²) in [5, 5.41) is 5.48. The third-order valence-corrected chi connectivity index (χ3v) is 8.80. The fourth-order valence-corrected chi connectivity index (χ4v) is 6.82. The summed E-state index contributed by atoms with van der Waals surface area (Å²) < 4.78 is 2.74. The lowest BCUT2D eigenvalue weighted by atomic mass is 10.0. The van der Waals surface area contributed by atoms with Gasteiger partial charge in [0.15, 0.2) is 0 Å². The minimum Gasteiger partial charge on any atom is -0.140 e. The summed E-state index contributed by atoms with van der Waals surface area (Å²) in [6, 6.07) is 24.2. The van der Waals surface area contributed by atoms with Crippen molar-refractivity contribution in [3.05, 3.63) is 82.0 Å². The Kier molecular flexibility index (Phi) is 7.64. The molecule has 2 heterocycles. The van der Waals surface area contributed by atoms with E-state index < -0.39 is 0 Å². The van der Waals surface area contributed by atoms with Gasteiger partial charge >= 0.3 is 0 Å². The SMILES string of the molecule is CCCCCCCCCCc1cc2c(ccc3c4cc(C#Cc5ccccc5)sc4ccc23)s1. The first kappa shape index (κ1) is 23.2. The van der Waals surface area contributed by atoms with Crippen molar-refractivity contribution in [1.29, 1.82) is 0 Å². The van der Waals surface area contributed by atoms with E-state index in [1.807, 2.05) is 29.5 Å². The van der Waals surface area contributed by atoms with Crippen molar-refractivity contribution in [3.8, 4) is 11.8 Å². The summed E-state index contributed by atoms with van der Waals surface area (Å²) in [7, 11) is 0. The molecule has 0 unspecified atom stereocenters. The summed E-state index contributed by atoms with van der Waals surface area (Å²) >= 11 is 3.78. The molecule has 5 rings (SSSR count). The predicted octanol–water partition coefficient (Wildman–Crippen LogP) is 10.4. The van der Waals surface area contributed by atoms with Gasteiger partial charge in [0.05, 0.1) is 4.88 Å². The first-order valence-corrected chi connectivity index (χ1v) is 14.4. The molecule has 0 saturated carbocycles. The van der Waals surface area contributed by atoms with Crippen molar-refractivity contribution in [2.45, 2.75) is 64.7 Å². The topological polar surface area (TPSA) is 0 Å². The van der Waals surface area contributed by atoms with Crippen LogP contribution in [0.4, 0.5) is 0 Å². The van der Waals surface area contributed by atoms with E-state index in [2.05, 4.69) is 67.3 Å². The largest absolute Gasteiger partial charge is 0.140 e. The maximum absolute atomic E-state index is 3.37.